The van der Waals surface area contributed by atoms with E-state index in [0.29, 0.717) is 25.1 Å². The van der Waals surface area contributed by atoms with Crippen molar-refractivity contribution in [2.75, 3.05) is 20.7 Å². The molecule has 0 spiro atoms. The second-order valence-corrected chi connectivity index (χ2v) is 5.52. The smallest absolute Gasteiger partial charge is 0.259 e. The van der Waals surface area contributed by atoms with Crippen molar-refractivity contribution in [2.24, 2.45) is 5.73 Å². The van der Waals surface area contributed by atoms with Crippen LogP contribution in [0.5, 0.6) is 5.75 Å². The predicted octanol–water partition coefficient (Wildman–Crippen LogP) is 0.897. The molecular weight excluding hydrogens is 282 g/mol. The van der Waals surface area contributed by atoms with Gasteiger partial charge in [0.25, 0.3) is 5.91 Å². The molecular formula is C16H25N3O3. The standard InChI is InChI=1S/C16H25N3O3/c1-12(17)7-8-15(20)18-10-13-5-4-6-14(9-13)22-11-16(21)19(2)3/h4-6,9,12H,7-8,10-11,17H2,1-3H3,(H,18,20). The lowest BCUT2D eigenvalue weighted by Gasteiger charge is -2.12. The van der Waals surface area contributed by atoms with Gasteiger partial charge in [0.15, 0.2) is 6.61 Å². The molecule has 22 heavy (non-hydrogen) atoms. The minimum absolute atomic E-state index is 0.00278. The fraction of sp³-hybridized carbons (Fsp3) is 0.500. The first-order valence-electron chi connectivity index (χ1n) is 7.32. The molecule has 6 nitrogen and oxygen atoms in total. The first-order valence-corrected chi connectivity index (χ1v) is 7.32. The van der Waals surface area contributed by atoms with Crippen molar-refractivity contribution in [3.63, 3.8) is 0 Å². The van der Waals surface area contributed by atoms with Crippen molar-refractivity contribution in [1.82, 2.24) is 10.2 Å². The fourth-order valence-corrected chi connectivity index (χ4v) is 1.67. The molecule has 0 saturated carbocycles. The quantitative estimate of drug-likeness (QED) is 0.747. The number of ether oxygens (including phenoxy) is 1. The van der Waals surface area contributed by atoms with Crippen LogP contribution in [0.1, 0.15) is 25.3 Å². The second-order valence-electron chi connectivity index (χ2n) is 5.52. The zero-order chi connectivity index (χ0) is 16.5. The maximum atomic E-state index is 11.6. The van der Waals surface area contributed by atoms with Crippen LogP contribution in [0.25, 0.3) is 0 Å². The molecule has 0 heterocycles. The average Bonchev–Trinajstić information content (AvgIpc) is 2.48. The monoisotopic (exact) mass is 307 g/mol. The molecule has 3 N–H and O–H groups in total. The van der Waals surface area contributed by atoms with E-state index in [9.17, 15) is 9.59 Å². The highest BCUT2D eigenvalue weighted by molar-refractivity contribution is 5.77. The number of nitrogens with one attached hydrogen (secondary N) is 1. The third-order valence-corrected chi connectivity index (χ3v) is 3.08. The zero-order valence-electron chi connectivity index (χ0n) is 13.5. The number of hydrogen-bond acceptors (Lipinski definition) is 4. The zero-order valence-corrected chi connectivity index (χ0v) is 13.5. The van der Waals surface area contributed by atoms with E-state index in [1.165, 1.54) is 4.90 Å². The molecule has 1 rings (SSSR count). The summed E-state index contributed by atoms with van der Waals surface area (Å²) in [5, 5.41) is 2.84. The van der Waals surface area contributed by atoms with Crippen molar-refractivity contribution in [2.45, 2.75) is 32.4 Å². The SMILES string of the molecule is CC(N)CCC(=O)NCc1cccc(OCC(=O)N(C)C)c1. The number of rotatable bonds is 8. The highest BCUT2D eigenvalue weighted by Crippen LogP contribution is 2.13. The van der Waals surface area contributed by atoms with Gasteiger partial charge in [-0.05, 0) is 31.0 Å². The van der Waals surface area contributed by atoms with Crippen LogP contribution < -0.4 is 15.8 Å². The lowest BCUT2D eigenvalue weighted by molar-refractivity contribution is -0.130. The van der Waals surface area contributed by atoms with Crippen LogP contribution in [0.3, 0.4) is 0 Å². The molecule has 0 aromatic heterocycles. The van der Waals surface area contributed by atoms with E-state index in [1.807, 2.05) is 25.1 Å². The van der Waals surface area contributed by atoms with Crippen LogP contribution in [-0.2, 0) is 16.1 Å². The number of nitrogens with zero attached hydrogens (tertiary/aromatic N) is 1. The number of amides is 2. The predicted molar refractivity (Wildman–Crippen MR) is 85.4 cm³/mol. The fourth-order valence-electron chi connectivity index (χ4n) is 1.67. The van der Waals surface area contributed by atoms with Crippen LogP contribution in [0.4, 0.5) is 0 Å². The van der Waals surface area contributed by atoms with Gasteiger partial charge in [-0.15, -0.1) is 0 Å². The number of carbonyl (C=O) groups is 2. The topological polar surface area (TPSA) is 84.7 Å². The molecule has 1 aromatic carbocycles. The van der Waals surface area contributed by atoms with Crippen LogP contribution in [0.15, 0.2) is 24.3 Å². The molecule has 0 bridgehead atoms. The summed E-state index contributed by atoms with van der Waals surface area (Å²) in [5.41, 5.74) is 6.54. The van der Waals surface area contributed by atoms with Gasteiger partial charge in [0, 0.05) is 33.1 Å². The summed E-state index contributed by atoms with van der Waals surface area (Å²) in [6, 6.07) is 7.35. The number of nitrogens with two attached hydrogens (primary N) is 1. The van der Waals surface area contributed by atoms with Crippen molar-refractivity contribution in [3.8, 4) is 5.75 Å². The third kappa shape index (κ3) is 7.08. The summed E-state index contributed by atoms with van der Waals surface area (Å²) < 4.78 is 5.44. The summed E-state index contributed by atoms with van der Waals surface area (Å²) in [4.78, 5) is 24.6. The Labute approximate surface area is 131 Å². The van der Waals surface area contributed by atoms with E-state index in [-0.39, 0.29) is 24.5 Å². The summed E-state index contributed by atoms with van der Waals surface area (Å²) in [7, 11) is 3.36. The van der Waals surface area contributed by atoms with Gasteiger partial charge < -0.3 is 20.7 Å². The number of carbonyl (C=O) groups excluding carboxylic acids is 2. The van der Waals surface area contributed by atoms with Gasteiger partial charge in [0.05, 0.1) is 0 Å². The first kappa shape index (κ1) is 18.0. The Hall–Kier alpha value is -2.08. The van der Waals surface area contributed by atoms with Crippen LogP contribution in [0.2, 0.25) is 0 Å². The highest BCUT2D eigenvalue weighted by atomic mass is 16.5. The highest BCUT2D eigenvalue weighted by Gasteiger charge is 2.06. The lowest BCUT2D eigenvalue weighted by Crippen LogP contribution is -2.27. The van der Waals surface area contributed by atoms with E-state index in [0.717, 1.165) is 5.56 Å². The Morgan fingerprint density at radius 2 is 2.09 bits per heavy atom. The van der Waals surface area contributed by atoms with Crippen molar-refractivity contribution < 1.29 is 14.3 Å². The number of benzene rings is 1. The average molecular weight is 307 g/mol. The Bertz CT molecular complexity index is 501. The molecule has 2 amide bonds. The molecule has 0 aliphatic carbocycles. The number of hydrogen-bond donors (Lipinski definition) is 2. The molecule has 0 fully saturated rings. The lowest BCUT2D eigenvalue weighted by atomic mass is 10.2. The van der Waals surface area contributed by atoms with Gasteiger partial charge in [-0.2, -0.15) is 0 Å². The molecule has 1 unspecified atom stereocenters. The Morgan fingerprint density at radius 1 is 1.36 bits per heavy atom. The van der Waals surface area contributed by atoms with Crippen LogP contribution in [-0.4, -0.2) is 43.5 Å². The van der Waals surface area contributed by atoms with E-state index in [2.05, 4.69) is 5.32 Å². The van der Waals surface area contributed by atoms with E-state index >= 15 is 0 Å². The van der Waals surface area contributed by atoms with Gasteiger partial charge in [-0.25, -0.2) is 0 Å². The summed E-state index contributed by atoms with van der Waals surface area (Å²) in [6.45, 7) is 2.30. The van der Waals surface area contributed by atoms with E-state index < -0.39 is 0 Å². The van der Waals surface area contributed by atoms with Crippen molar-refractivity contribution >= 4 is 11.8 Å². The van der Waals surface area contributed by atoms with Gasteiger partial charge in [0.2, 0.25) is 5.91 Å². The maximum absolute atomic E-state index is 11.6. The Morgan fingerprint density at radius 3 is 2.73 bits per heavy atom. The molecule has 1 aromatic rings. The summed E-state index contributed by atoms with van der Waals surface area (Å²) in [6.07, 6.45) is 1.09. The third-order valence-electron chi connectivity index (χ3n) is 3.08. The van der Waals surface area contributed by atoms with Crippen molar-refractivity contribution in [3.05, 3.63) is 29.8 Å². The Kier molecular flexibility index (Phi) is 7.39. The van der Waals surface area contributed by atoms with Gasteiger partial charge >= 0.3 is 0 Å². The van der Waals surface area contributed by atoms with Gasteiger partial charge in [0.1, 0.15) is 5.75 Å². The Balaban J connectivity index is 2.43. The van der Waals surface area contributed by atoms with Crippen LogP contribution in [0, 0.1) is 0 Å². The minimum Gasteiger partial charge on any atom is -0.484 e. The first-order chi connectivity index (χ1) is 10.4. The summed E-state index contributed by atoms with van der Waals surface area (Å²) in [5.74, 6) is 0.485. The minimum atomic E-state index is -0.102. The normalized spacial score (nSPS) is 11.6. The van der Waals surface area contributed by atoms with Gasteiger partial charge in [-0.1, -0.05) is 12.1 Å². The number of likely N-dealkylation sites (N-methyl/N-ethyl adjacent to an activating group) is 1. The van der Waals surface area contributed by atoms with E-state index in [4.69, 9.17) is 10.5 Å². The second kappa shape index (κ2) is 9.04. The molecule has 122 valence electrons. The maximum Gasteiger partial charge on any atom is 0.259 e. The molecule has 6 heteroatoms. The molecule has 0 aliphatic rings. The molecule has 0 saturated heterocycles. The molecule has 1 atom stereocenters. The molecule has 0 radical (unpaired) electrons. The molecule has 0 aliphatic heterocycles. The summed E-state index contributed by atoms with van der Waals surface area (Å²) >= 11 is 0. The van der Waals surface area contributed by atoms with Crippen molar-refractivity contribution in [1.29, 1.82) is 0 Å². The largest absolute Gasteiger partial charge is 0.484 e. The van der Waals surface area contributed by atoms with Crippen LogP contribution >= 0.6 is 0 Å². The van der Waals surface area contributed by atoms with E-state index in [1.54, 1.807) is 20.2 Å². The van der Waals surface area contributed by atoms with Gasteiger partial charge in [-0.3, -0.25) is 9.59 Å².